The van der Waals surface area contributed by atoms with Crippen LogP contribution in [0.5, 0.6) is 0 Å². The fourth-order valence-corrected chi connectivity index (χ4v) is 4.96. The Morgan fingerprint density at radius 1 is 0.892 bits per heavy atom. The first-order valence-electron chi connectivity index (χ1n) is 13.2. The van der Waals surface area contributed by atoms with Gasteiger partial charge >= 0.3 is 0 Å². The molecule has 1 heterocycles. The SMILES string of the molecule is Cc1cc(C)cc(C(=O)NCC(NC(=O)CNC2CCN(Cc3ccccc3)CC2)c2ccccc2)c1. The number of piperidine rings is 1. The number of nitrogens with one attached hydrogen (secondary N) is 3. The molecule has 3 N–H and O–H groups in total. The van der Waals surface area contributed by atoms with Gasteiger partial charge in [-0.1, -0.05) is 77.9 Å². The van der Waals surface area contributed by atoms with E-state index in [1.807, 2.05) is 68.4 Å². The topological polar surface area (TPSA) is 73.5 Å². The molecule has 194 valence electrons. The molecule has 0 bridgehead atoms. The van der Waals surface area contributed by atoms with Gasteiger partial charge in [0.1, 0.15) is 0 Å². The maximum absolute atomic E-state index is 12.9. The number of hydrogen-bond acceptors (Lipinski definition) is 4. The van der Waals surface area contributed by atoms with Crippen molar-refractivity contribution in [1.29, 1.82) is 0 Å². The highest BCUT2D eigenvalue weighted by Gasteiger charge is 2.21. The molecule has 6 heteroatoms. The molecule has 3 aromatic rings. The third kappa shape index (κ3) is 8.27. The monoisotopic (exact) mass is 498 g/mol. The standard InChI is InChI=1S/C31H38N4O2/c1-23-17-24(2)19-27(18-23)31(37)33-20-29(26-11-7-4-8-12-26)34-30(36)21-32-28-13-15-35(16-14-28)22-25-9-5-3-6-10-25/h3-12,17-19,28-29,32H,13-16,20-22H2,1-2H3,(H,33,37)(H,34,36). The molecule has 1 atom stereocenters. The lowest BCUT2D eigenvalue weighted by molar-refractivity contribution is -0.121. The van der Waals surface area contributed by atoms with Crippen LogP contribution in [-0.2, 0) is 11.3 Å². The molecular formula is C31H38N4O2. The van der Waals surface area contributed by atoms with Gasteiger partial charge in [-0.15, -0.1) is 0 Å². The van der Waals surface area contributed by atoms with E-state index < -0.39 is 0 Å². The summed E-state index contributed by atoms with van der Waals surface area (Å²) in [6.45, 7) is 7.56. The summed E-state index contributed by atoms with van der Waals surface area (Å²) in [5.74, 6) is -0.205. The van der Waals surface area contributed by atoms with Gasteiger partial charge in [-0.05, 0) is 63.0 Å². The molecule has 4 rings (SSSR count). The molecule has 6 nitrogen and oxygen atoms in total. The van der Waals surface area contributed by atoms with Gasteiger partial charge in [-0.2, -0.15) is 0 Å². The minimum absolute atomic E-state index is 0.0683. The van der Waals surface area contributed by atoms with E-state index in [-0.39, 0.29) is 24.4 Å². The van der Waals surface area contributed by atoms with Crippen molar-refractivity contribution in [2.45, 2.75) is 45.3 Å². The molecule has 0 radical (unpaired) electrons. The fraction of sp³-hybridized carbons (Fsp3) is 0.355. The first-order valence-corrected chi connectivity index (χ1v) is 13.2. The zero-order valence-electron chi connectivity index (χ0n) is 21.9. The van der Waals surface area contributed by atoms with Crippen LogP contribution in [0.3, 0.4) is 0 Å². The average Bonchev–Trinajstić information content (AvgIpc) is 2.91. The van der Waals surface area contributed by atoms with Crippen molar-refractivity contribution in [3.63, 3.8) is 0 Å². The van der Waals surface area contributed by atoms with Crippen LogP contribution in [0.2, 0.25) is 0 Å². The lowest BCUT2D eigenvalue weighted by Crippen LogP contribution is -2.47. The minimum atomic E-state index is -0.307. The lowest BCUT2D eigenvalue weighted by Gasteiger charge is -2.32. The van der Waals surface area contributed by atoms with Crippen LogP contribution in [0.15, 0.2) is 78.9 Å². The predicted octanol–water partition coefficient (Wildman–Crippen LogP) is 4.14. The Kier molecular flexibility index (Phi) is 9.46. The number of benzene rings is 3. The van der Waals surface area contributed by atoms with Crippen LogP contribution < -0.4 is 16.0 Å². The number of aryl methyl sites for hydroxylation is 2. The number of nitrogens with zero attached hydrogens (tertiary/aromatic N) is 1. The van der Waals surface area contributed by atoms with Gasteiger partial charge in [0, 0.05) is 24.7 Å². The van der Waals surface area contributed by atoms with Gasteiger partial charge in [0.2, 0.25) is 5.91 Å². The molecule has 1 aliphatic heterocycles. The third-order valence-corrected chi connectivity index (χ3v) is 6.88. The number of likely N-dealkylation sites (tertiary alicyclic amines) is 1. The number of rotatable bonds is 10. The van der Waals surface area contributed by atoms with E-state index >= 15 is 0 Å². The second-order valence-electron chi connectivity index (χ2n) is 10.0. The Bertz CT molecular complexity index is 1140. The molecular weight excluding hydrogens is 460 g/mol. The van der Waals surface area contributed by atoms with Gasteiger partial charge in [0.15, 0.2) is 0 Å². The average molecular weight is 499 g/mol. The highest BCUT2D eigenvalue weighted by Crippen LogP contribution is 2.15. The molecule has 0 saturated carbocycles. The van der Waals surface area contributed by atoms with Crippen molar-refractivity contribution in [3.8, 4) is 0 Å². The number of amides is 2. The van der Waals surface area contributed by atoms with Crippen LogP contribution in [-0.4, -0.2) is 48.9 Å². The van der Waals surface area contributed by atoms with E-state index in [2.05, 4.69) is 45.1 Å². The van der Waals surface area contributed by atoms with E-state index in [9.17, 15) is 9.59 Å². The quantitative estimate of drug-likeness (QED) is 0.393. The Morgan fingerprint density at radius 3 is 2.16 bits per heavy atom. The molecule has 1 fully saturated rings. The predicted molar refractivity (Wildman–Crippen MR) is 148 cm³/mol. The first-order chi connectivity index (χ1) is 18.0. The van der Waals surface area contributed by atoms with Gasteiger partial charge in [0.25, 0.3) is 5.91 Å². The van der Waals surface area contributed by atoms with Crippen LogP contribution >= 0.6 is 0 Å². The molecule has 3 aromatic carbocycles. The third-order valence-electron chi connectivity index (χ3n) is 6.88. The van der Waals surface area contributed by atoms with Crippen molar-refractivity contribution in [2.24, 2.45) is 0 Å². The minimum Gasteiger partial charge on any atom is -0.350 e. The van der Waals surface area contributed by atoms with Gasteiger partial charge < -0.3 is 16.0 Å². The van der Waals surface area contributed by atoms with Gasteiger partial charge in [0.05, 0.1) is 12.6 Å². The number of hydrogen-bond donors (Lipinski definition) is 3. The second-order valence-corrected chi connectivity index (χ2v) is 10.0. The lowest BCUT2D eigenvalue weighted by atomic mass is 10.0. The van der Waals surface area contributed by atoms with Crippen molar-refractivity contribution in [2.75, 3.05) is 26.2 Å². The number of carbonyl (C=O) groups excluding carboxylic acids is 2. The molecule has 1 saturated heterocycles. The molecule has 1 aliphatic rings. The fourth-order valence-electron chi connectivity index (χ4n) is 4.96. The molecule has 2 amide bonds. The first kappa shape index (κ1) is 26.6. The summed E-state index contributed by atoms with van der Waals surface area (Å²) in [7, 11) is 0. The number of carbonyl (C=O) groups is 2. The van der Waals surface area contributed by atoms with Crippen LogP contribution in [0.4, 0.5) is 0 Å². The normalized spacial score (nSPS) is 15.2. The van der Waals surface area contributed by atoms with E-state index in [1.54, 1.807) is 0 Å². The summed E-state index contributed by atoms with van der Waals surface area (Å²) >= 11 is 0. The van der Waals surface area contributed by atoms with Crippen molar-refractivity contribution < 1.29 is 9.59 Å². The Balaban J connectivity index is 1.26. The van der Waals surface area contributed by atoms with E-state index in [0.29, 0.717) is 18.2 Å². The second kappa shape index (κ2) is 13.2. The zero-order chi connectivity index (χ0) is 26.0. The molecule has 37 heavy (non-hydrogen) atoms. The highest BCUT2D eigenvalue weighted by molar-refractivity contribution is 5.94. The summed E-state index contributed by atoms with van der Waals surface area (Å²) in [6.07, 6.45) is 2.04. The van der Waals surface area contributed by atoms with Gasteiger partial charge in [-0.3, -0.25) is 14.5 Å². The molecule has 0 aromatic heterocycles. The van der Waals surface area contributed by atoms with Crippen LogP contribution in [0, 0.1) is 13.8 Å². The van der Waals surface area contributed by atoms with Crippen LogP contribution in [0.25, 0.3) is 0 Å². The molecule has 0 spiro atoms. The van der Waals surface area contributed by atoms with Gasteiger partial charge in [-0.25, -0.2) is 0 Å². The summed E-state index contributed by atoms with van der Waals surface area (Å²) in [5.41, 5.74) is 5.04. The highest BCUT2D eigenvalue weighted by atomic mass is 16.2. The van der Waals surface area contributed by atoms with Crippen molar-refractivity contribution >= 4 is 11.8 Å². The maximum atomic E-state index is 12.9. The summed E-state index contributed by atoms with van der Waals surface area (Å²) in [4.78, 5) is 28.2. The smallest absolute Gasteiger partial charge is 0.251 e. The van der Waals surface area contributed by atoms with Crippen LogP contribution in [0.1, 0.15) is 51.5 Å². The van der Waals surface area contributed by atoms with Crippen molar-refractivity contribution in [3.05, 3.63) is 107 Å². The maximum Gasteiger partial charge on any atom is 0.251 e. The molecule has 1 unspecified atom stereocenters. The Labute approximate surface area is 220 Å². The largest absolute Gasteiger partial charge is 0.350 e. The Hall–Kier alpha value is -3.48. The Morgan fingerprint density at radius 2 is 1.51 bits per heavy atom. The summed E-state index contributed by atoms with van der Waals surface area (Å²) in [5, 5.41) is 9.57. The summed E-state index contributed by atoms with van der Waals surface area (Å²) < 4.78 is 0. The van der Waals surface area contributed by atoms with Crippen molar-refractivity contribution in [1.82, 2.24) is 20.9 Å². The zero-order valence-corrected chi connectivity index (χ0v) is 21.9. The summed E-state index contributed by atoms with van der Waals surface area (Å²) in [6, 6.07) is 26.2. The van der Waals surface area contributed by atoms with E-state index in [1.165, 1.54) is 5.56 Å². The van der Waals surface area contributed by atoms with E-state index in [4.69, 9.17) is 0 Å². The van der Waals surface area contributed by atoms with E-state index in [0.717, 1.165) is 49.2 Å². The molecule has 0 aliphatic carbocycles.